The Kier molecular flexibility index (Phi) is 2.48. The van der Waals surface area contributed by atoms with Crippen LogP contribution in [0.5, 0.6) is 0 Å². The molecule has 2 heterocycles. The Bertz CT molecular complexity index is 533. The molecule has 1 unspecified atom stereocenters. The molecular weight excluding hydrogens is 214 g/mol. The van der Waals surface area contributed by atoms with Gasteiger partial charge in [-0.15, -0.1) is 10.2 Å². The first-order valence-corrected chi connectivity index (χ1v) is 5.84. The van der Waals surface area contributed by atoms with Crippen molar-refractivity contribution in [3.63, 3.8) is 0 Å². The van der Waals surface area contributed by atoms with E-state index in [-0.39, 0.29) is 5.92 Å². The molecule has 1 aliphatic heterocycles. The molecule has 0 aliphatic carbocycles. The van der Waals surface area contributed by atoms with E-state index in [9.17, 15) is 4.79 Å². The maximum atomic E-state index is 11.0. The van der Waals surface area contributed by atoms with Gasteiger partial charge in [-0.3, -0.25) is 0 Å². The fourth-order valence-electron chi connectivity index (χ4n) is 2.34. The monoisotopic (exact) mass is 227 g/mol. The van der Waals surface area contributed by atoms with Crippen LogP contribution in [0.15, 0.2) is 30.3 Å². The SMILES string of the molecule is O=CC1CCCn2c(-c3ccccc3)nnc21. The number of aromatic nitrogens is 3. The summed E-state index contributed by atoms with van der Waals surface area (Å²) in [4.78, 5) is 11.0. The minimum atomic E-state index is -0.0892. The molecule has 0 saturated carbocycles. The normalized spacial score (nSPS) is 18.7. The highest BCUT2D eigenvalue weighted by Crippen LogP contribution is 2.28. The number of nitrogens with zero attached hydrogens (tertiary/aromatic N) is 3. The molecule has 1 aliphatic rings. The van der Waals surface area contributed by atoms with E-state index in [1.54, 1.807) is 0 Å². The summed E-state index contributed by atoms with van der Waals surface area (Å²) < 4.78 is 2.07. The van der Waals surface area contributed by atoms with Crippen molar-refractivity contribution in [1.29, 1.82) is 0 Å². The number of benzene rings is 1. The van der Waals surface area contributed by atoms with E-state index < -0.39 is 0 Å². The van der Waals surface area contributed by atoms with Gasteiger partial charge in [0.2, 0.25) is 0 Å². The lowest BCUT2D eigenvalue weighted by atomic mass is 10.0. The van der Waals surface area contributed by atoms with Gasteiger partial charge in [0.25, 0.3) is 0 Å². The number of carbonyl (C=O) groups is 1. The van der Waals surface area contributed by atoms with Crippen molar-refractivity contribution in [3.05, 3.63) is 36.2 Å². The summed E-state index contributed by atoms with van der Waals surface area (Å²) in [7, 11) is 0. The van der Waals surface area contributed by atoms with Gasteiger partial charge in [-0.05, 0) is 12.8 Å². The molecule has 0 radical (unpaired) electrons. The maximum Gasteiger partial charge on any atom is 0.163 e. The molecule has 1 aromatic carbocycles. The molecule has 2 aromatic rings. The summed E-state index contributed by atoms with van der Waals surface area (Å²) in [5.74, 6) is 1.59. The number of carbonyl (C=O) groups excluding carboxylic acids is 1. The predicted octanol–water partition coefficient (Wildman–Crippen LogP) is 2.02. The summed E-state index contributed by atoms with van der Waals surface area (Å²) >= 11 is 0. The van der Waals surface area contributed by atoms with Crippen LogP contribution in [-0.2, 0) is 11.3 Å². The van der Waals surface area contributed by atoms with Gasteiger partial charge in [-0.2, -0.15) is 0 Å². The van der Waals surface area contributed by atoms with E-state index >= 15 is 0 Å². The van der Waals surface area contributed by atoms with E-state index in [0.29, 0.717) is 0 Å². The zero-order valence-electron chi connectivity index (χ0n) is 9.41. The van der Waals surface area contributed by atoms with Crippen LogP contribution in [0.3, 0.4) is 0 Å². The lowest BCUT2D eigenvalue weighted by Gasteiger charge is -2.19. The average Bonchev–Trinajstić information content (AvgIpc) is 2.83. The van der Waals surface area contributed by atoms with Gasteiger partial charge in [0.1, 0.15) is 12.1 Å². The first kappa shape index (κ1) is 10.2. The van der Waals surface area contributed by atoms with Crippen LogP contribution < -0.4 is 0 Å². The van der Waals surface area contributed by atoms with Gasteiger partial charge in [-0.1, -0.05) is 30.3 Å². The van der Waals surface area contributed by atoms with E-state index in [0.717, 1.165) is 42.9 Å². The van der Waals surface area contributed by atoms with Crippen LogP contribution in [0.25, 0.3) is 11.4 Å². The fraction of sp³-hybridized carbons (Fsp3) is 0.308. The standard InChI is InChI=1S/C13H13N3O/c17-9-11-7-4-8-16-12(14-15-13(11)16)10-5-2-1-3-6-10/h1-3,5-6,9,11H,4,7-8H2. The summed E-state index contributed by atoms with van der Waals surface area (Å²) in [5, 5.41) is 8.39. The highest BCUT2D eigenvalue weighted by molar-refractivity contribution is 5.62. The topological polar surface area (TPSA) is 47.8 Å². The molecule has 3 rings (SSSR count). The largest absolute Gasteiger partial charge is 0.310 e. The first-order chi connectivity index (χ1) is 8.40. The van der Waals surface area contributed by atoms with Gasteiger partial charge < -0.3 is 9.36 Å². The zero-order chi connectivity index (χ0) is 11.7. The lowest BCUT2D eigenvalue weighted by Crippen LogP contribution is -2.17. The first-order valence-electron chi connectivity index (χ1n) is 5.84. The Balaban J connectivity index is 2.09. The Labute approximate surface area is 99.3 Å². The zero-order valence-corrected chi connectivity index (χ0v) is 9.41. The van der Waals surface area contributed by atoms with Gasteiger partial charge in [0.05, 0.1) is 5.92 Å². The molecular formula is C13H13N3O. The number of aldehydes is 1. The molecule has 1 atom stereocenters. The minimum absolute atomic E-state index is 0.0892. The average molecular weight is 227 g/mol. The molecule has 4 heteroatoms. The third-order valence-electron chi connectivity index (χ3n) is 3.20. The Morgan fingerprint density at radius 3 is 2.82 bits per heavy atom. The molecule has 0 saturated heterocycles. The van der Waals surface area contributed by atoms with Crippen LogP contribution in [0, 0.1) is 0 Å². The Hall–Kier alpha value is -1.97. The van der Waals surface area contributed by atoms with Gasteiger partial charge in [-0.25, -0.2) is 0 Å². The summed E-state index contributed by atoms with van der Waals surface area (Å²) in [5.41, 5.74) is 1.05. The highest BCUT2D eigenvalue weighted by Gasteiger charge is 2.24. The Morgan fingerprint density at radius 2 is 2.06 bits per heavy atom. The molecule has 0 spiro atoms. The highest BCUT2D eigenvalue weighted by atomic mass is 16.1. The second-order valence-corrected chi connectivity index (χ2v) is 4.28. The van der Waals surface area contributed by atoms with Crippen LogP contribution in [0.2, 0.25) is 0 Å². The third kappa shape index (κ3) is 1.65. The van der Waals surface area contributed by atoms with Crippen molar-refractivity contribution < 1.29 is 4.79 Å². The van der Waals surface area contributed by atoms with E-state index in [4.69, 9.17) is 0 Å². The van der Waals surface area contributed by atoms with E-state index in [2.05, 4.69) is 14.8 Å². The second kappa shape index (κ2) is 4.13. The number of hydrogen-bond donors (Lipinski definition) is 0. The van der Waals surface area contributed by atoms with Crippen LogP contribution >= 0.6 is 0 Å². The van der Waals surface area contributed by atoms with Crippen LogP contribution in [0.1, 0.15) is 24.6 Å². The molecule has 0 bridgehead atoms. The smallest absolute Gasteiger partial charge is 0.163 e. The number of fused-ring (bicyclic) bond motifs is 1. The molecule has 17 heavy (non-hydrogen) atoms. The summed E-state index contributed by atoms with van der Waals surface area (Å²) in [6, 6.07) is 9.98. The lowest BCUT2D eigenvalue weighted by molar-refractivity contribution is -0.109. The van der Waals surface area contributed by atoms with Gasteiger partial charge in [0, 0.05) is 12.1 Å². The van der Waals surface area contributed by atoms with Crippen molar-refractivity contribution in [3.8, 4) is 11.4 Å². The van der Waals surface area contributed by atoms with E-state index in [1.807, 2.05) is 30.3 Å². The molecule has 1 aromatic heterocycles. The van der Waals surface area contributed by atoms with Crippen molar-refractivity contribution >= 4 is 6.29 Å². The van der Waals surface area contributed by atoms with Crippen molar-refractivity contribution in [1.82, 2.24) is 14.8 Å². The number of hydrogen-bond acceptors (Lipinski definition) is 3. The van der Waals surface area contributed by atoms with Crippen molar-refractivity contribution in [2.45, 2.75) is 25.3 Å². The molecule has 86 valence electrons. The van der Waals surface area contributed by atoms with Crippen molar-refractivity contribution in [2.24, 2.45) is 0 Å². The maximum absolute atomic E-state index is 11.0. The van der Waals surface area contributed by atoms with Crippen LogP contribution in [0.4, 0.5) is 0 Å². The predicted molar refractivity (Wildman–Crippen MR) is 63.5 cm³/mol. The van der Waals surface area contributed by atoms with Gasteiger partial charge >= 0.3 is 0 Å². The second-order valence-electron chi connectivity index (χ2n) is 4.28. The fourth-order valence-corrected chi connectivity index (χ4v) is 2.34. The summed E-state index contributed by atoms with van der Waals surface area (Å²) in [6.45, 7) is 0.900. The van der Waals surface area contributed by atoms with Crippen LogP contribution in [-0.4, -0.2) is 21.1 Å². The third-order valence-corrected chi connectivity index (χ3v) is 3.20. The minimum Gasteiger partial charge on any atom is -0.310 e. The number of rotatable bonds is 2. The Morgan fingerprint density at radius 1 is 1.24 bits per heavy atom. The molecule has 4 nitrogen and oxygen atoms in total. The molecule has 0 N–H and O–H groups in total. The van der Waals surface area contributed by atoms with Gasteiger partial charge in [0.15, 0.2) is 5.82 Å². The van der Waals surface area contributed by atoms with E-state index in [1.165, 1.54) is 0 Å². The van der Waals surface area contributed by atoms with Crippen molar-refractivity contribution in [2.75, 3.05) is 0 Å². The molecule has 0 amide bonds. The molecule has 0 fully saturated rings. The quantitative estimate of drug-likeness (QED) is 0.737. The summed E-state index contributed by atoms with van der Waals surface area (Å²) in [6.07, 6.45) is 2.87.